The molecular formula is C18H16N4O4. The highest BCUT2D eigenvalue weighted by Gasteiger charge is 2.30. The summed E-state index contributed by atoms with van der Waals surface area (Å²) in [4.78, 5) is 34.4. The van der Waals surface area contributed by atoms with Crippen molar-refractivity contribution in [3.63, 3.8) is 0 Å². The summed E-state index contributed by atoms with van der Waals surface area (Å²) in [7, 11) is 0. The van der Waals surface area contributed by atoms with Gasteiger partial charge in [0.1, 0.15) is 5.82 Å². The zero-order chi connectivity index (χ0) is 18.5. The molecule has 1 unspecified atom stereocenters. The summed E-state index contributed by atoms with van der Waals surface area (Å²) < 4.78 is 1.73. The van der Waals surface area contributed by atoms with E-state index in [0.717, 1.165) is 16.8 Å². The van der Waals surface area contributed by atoms with E-state index in [0.29, 0.717) is 12.2 Å². The number of aromatic amines is 1. The highest BCUT2D eigenvalue weighted by atomic mass is 16.3. The van der Waals surface area contributed by atoms with Gasteiger partial charge in [0.15, 0.2) is 0 Å². The highest BCUT2D eigenvalue weighted by Crippen LogP contribution is 2.37. The van der Waals surface area contributed by atoms with E-state index in [2.05, 4.69) is 15.4 Å². The number of anilines is 1. The highest BCUT2D eigenvalue weighted by molar-refractivity contribution is 5.94. The predicted octanol–water partition coefficient (Wildman–Crippen LogP) is 1.74. The molecule has 0 bridgehead atoms. The topological polar surface area (TPSA) is 117 Å². The van der Waals surface area contributed by atoms with E-state index >= 15 is 0 Å². The molecular weight excluding hydrogens is 336 g/mol. The Morgan fingerprint density at radius 1 is 1.15 bits per heavy atom. The summed E-state index contributed by atoms with van der Waals surface area (Å²) in [6.45, 7) is -0.250. The molecule has 4 rings (SSSR count). The zero-order valence-corrected chi connectivity index (χ0v) is 13.6. The van der Waals surface area contributed by atoms with Crippen molar-refractivity contribution in [1.29, 1.82) is 0 Å². The maximum atomic E-state index is 12.1. The minimum atomic E-state index is -0.250. The number of carboxylic acid groups (broad SMARTS) is 1. The van der Waals surface area contributed by atoms with Crippen molar-refractivity contribution in [2.75, 3.05) is 5.32 Å². The number of rotatable bonds is 2. The summed E-state index contributed by atoms with van der Waals surface area (Å²) in [6.07, 6.45) is 3.77. The lowest BCUT2D eigenvalue weighted by molar-refractivity contribution is -0.123. The largest absolute Gasteiger partial charge is 0.483 e. The van der Waals surface area contributed by atoms with Gasteiger partial charge in [-0.1, -0.05) is 24.3 Å². The second-order valence-electron chi connectivity index (χ2n) is 5.59. The first-order valence-electron chi connectivity index (χ1n) is 7.83. The molecule has 1 aliphatic rings. The van der Waals surface area contributed by atoms with Crippen LogP contribution in [0.4, 0.5) is 5.82 Å². The number of hydrogen-bond acceptors (Lipinski definition) is 4. The van der Waals surface area contributed by atoms with Crippen LogP contribution in [0.15, 0.2) is 59.7 Å². The number of benzene rings is 1. The first-order chi connectivity index (χ1) is 12.6. The Bertz CT molecular complexity index is 958. The molecule has 1 aromatic carbocycles. The molecule has 8 heteroatoms. The van der Waals surface area contributed by atoms with E-state index in [-0.39, 0.29) is 23.9 Å². The molecule has 132 valence electrons. The van der Waals surface area contributed by atoms with Crippen molar-refractivity contribution in [2.24, 2.45) is 0 Å². The number of nitrogens with zero attached hydrogens (tertiary/aromatic N) is 2. The number of aromatic nitrogens is 3. The number of H-pyrrole nitrogens is 1. The monoisotopic (exact) mass is 352 g/mol. The van der Waals surface area contributed by atoms with E-state index in [1.165, 1.54) is 6.07 Å². The van der Waals surface area contributed by atoms with Gasteiger partial charge in [0.05, 0.1) is 11.9 Å². The smallest absolute Gasteiger partial charge is 0.290 e. The maximum Gasteiger partial charge on any atom is 0.290 e. The summed E-state index contributed by atoms with van der Waals surface area (Å²) in [5.41, 5.74) is 2.57. The number of nitrogens with one attached hydrogen (secondary N) is 2. The minimum Gasteiger partial charge on any atom is -0.483 e. The molecule has 1 amide bonds. The van der Waals surface area contributed by atoms with Gasteiger partial charge in [0.2, 0.25) is 11.5 Å². The Morgan fingerprint density at radius 3 is 2.54 bits per heavy atom. The Balaban J connectivity index is 0.000000613. The van der Waals surface area contributed by atoms with Crippen LogP contribution >= 0.6 is 0 Å². The van der Waals surface area contributed by atoms with Crippen molar-refractivity contribution in [2.45, 2.75) is 12.3 Å². The number of amides is 1. The Morgan fingerprint density at radius 2 is 1.88 bits per heavy atom. The normalized spacial score (nSPS) is 15.2. The molecule has 8 nitrogen and oxygen atoms in total. The molecule has 1 aliphatic heterocycles. The lowest BCUT2D eigenvalue weighted by Gasteiger charge is -2.23. The van der Waals surface area contributed by atoms with E-state index in [1.54, 1.807) is 23.1 Å². The lowest BCUT2D eigenvalue weighted by Crippen LogP contribution is -2.25. The van der Waals surface area contributed by atoms with E-state index < -0.39 is 0 Å². The minimum absolute atomic E-state index is 0.0635. The Hall–Kier alpha value is -3.68. The van der Waals surface area contributed by atoms with E-state index in [4.69, 9.17) is 9.90 Å². The molecule has 0 fully saturated rings. The van der Waals surface area contributed by atoms with Crippen LogP contribution in [0.5, 0.6) is 0 Å². The van der Waals surface area contributed by atoms with Crippen molar-refractivity contribution >= 4 is 18.2 Å². The Kier molecular flexibility index (Phi) is 4.93. The predicted molar refractivity (Wildman–Crippen MR) is 94.4 cm³/mol. The number of pyridine rings is 1. The standard InChI is InChI=1S/C17H14N4O2.CH2O2/c22-15-7-6-11(9-18-15)13-8-16(23)20-17-14(13)10-19-21(17)12-4-2-1-3-5-12;2-1-3/h1-7,9-10,13H,8H2,(H,18,22)(H,20,23);1H,(H,2,3). The molecule has 3 heterocycles. The van der Waals surface area contributed by atoms with Crippen LogP contribution in [0.3, 0.4) is 0 Å². The number of carbonyl (C=O) groups is 2. The van der Waals surface area contributed by atoms with Crippen LogP contribution in [0.2, 0.25) is 0 Å². The molecule has 26 heavy (non-hydrogen) atoms. The molecule has 1 atom stereocenters. The number of hydrogen-bond donors (Lipinski definition) is 3. The maximum absolute atomic E-state index is 12.1. The van der Waals surface area contributed by atoms with Gasteiger partial charge in [-0.2, -0.15) is 5.10 Å². The van der Waals surface area contributed by atoms with Crippen molar-refractivity contribution < 1.29 is 14.7 Å². The third-order valence-corrected chi connectivity index (χ3v) is 4.03. The molecule has 0 spiro atoms. The van der Waals surface area contributed by atoms with Crippen LogP contribution in [-0.2, 0) is 9.59 Å². The van der Waals surface area contributed by atoms with Crippen LogP contribution < -0.4 is 10.9 Å². The molecule has 0 saturated carbocycles. The van der Waals surface area contributed by atoms with Gasteiger partial charge in [-0.3, -0.25) is 14.4 Å². The van der Waals surface area contributed by atoms with Crippen molar-refractivity contribution in [1.82, 2.24) is 14.8 Å². The zero-order valence-electron chi connectivity index (χ0n) is 13.6. The van der Waals surface area contributed by atoms with Crippen LogP contribution in [0.1, 0.15) is 23.5 Å². The van der Waals surface area contributed by atoms with Crippen LogP contribution in [0, 0.1) is 0 Å². The number of fused-ring (bicyclic) bond motifs is 1. The van der Waals surface area contributed by atoms with Gasteiger partial charge in [0, 0.05) is 30.2 Å². The van der Waals surface area contributed by atoms with Crippen LogP contribution in [-0.4, -0.2) is 32.3 Å². The fourth-order valence-electron chi connectivity index (χ4n) is 2.92. The third kappa shape index (κ3) is 3.39. The third-order valence-electron chi connectivity index (χ3n) is 4.03. The van der Waals surface area contributed by atoms with E-state index in [1.807, 2.05) is 30.3 Å². The first kappa shape index (κ1) is 17.2. The SMILES string of the molecule is O=C1CC(c2ccc(=O)[nH]c2)c2cnn(-c3ccccc3)c2N1.O=CO. The van der Waals surface area contributed by atoms with E-state index in [9.17, 15) is 9.59 Å². The summed E-state index contributed by atoms with van der Waals surface area (Å²) in [5.74, 6) is 0.503. The summed E-state index contributed by atoms with van der Waals surface area (Å²) in [6, 6.07) is 12.9. The summed E-state index contributed by atoms with van der Waals surface area (Å²) >= 11 is 0. The molecule has 3 N–H and O–H groups in total. The molecule has 0 saturated heterocycles. The fraction of sp³-hybridized carbons (Fsp3) is 0.111. The van der Waals surface area contributed by atoms with Gasteiger partial charge >= 0.3 is 0 Å². The molecule has 3 aromatic rings. The number of carbonyl (C=O) groups excluding carboxylic acids is 1. The van der Waals surface area contributed by atoms with Crippen molar-refractivity contribution in [3.8, 4) is 5.69 Å². The van der Waals surface area contributed by atoms with Gasteiger partial charge in [-0.25, -0.2) is 4.68 Å². The summed E-state index contributed by atoms with van der Waals surface area (Å²) in [5, 5.41) is 14.2. The Labute approximate surface area is 148 Å². The fourth-order valence-corrected chi connectivity index (χ4v) is 2.92. The second kappa shape index (κ2) is 7.47. The average molecular weight is 352 g/mol. The van der Waals surface area contributed by atoms with Crippen molar-refractivity contribution in [3.05, 3.63) is 76.3 Å². The number of para-hydroxylation sites is 1. The van der Waals surface area contributed by atoms with Crippen LogP contribution in [0.25, 0.3) is 5.69 Å². The molecule has 2 aromatic heterocycles. The molecule has 0 radical (unpaired) electrons. The quantitative estimate of drug-likeness (QED) is 0.607. The van der Waals surface area contributed by atoms with Gasteiger partial charge in [-0.15, -0.1) is 0 Å². The van der Waals surface area contributed by atoms with Gasteiger partial charge in [0.25, 0.3) is 6.47 Å². The second-order valence-corrected chi connectivity index (χ2v) is 5.59. The van der Waals surface area contributed by atoms with Gasteiger partial charge in [-0.05, 0) is 17.7 Å². The average Bonchev–Trinajstić information content (AvgIpc) is 3.07. The first-order valence-corrected chi connectivity index (χ1v) is 7.83. The molecule has 0 aliphatic carbocycles. The van der Waals surface area contributed by atoms with Gasteiger partial charge < -0.3 is 15.4 Å². The lowest BCUT2D eigenvalue weighted by atomic mass is 9.88.